The summed E-state index contributed by atoms with van der Waals surface area (Å²) < 4.78 is 0. The molecule has 1 nitrogen and oxygen atoms in total. The van der Waals surface area contributed by atoms with Gasteiger partial charge in [-0.05, 0) is 85.3 Å². The van der Waals surface area contributed by atoms with E-state index in [0.717, 1.165) is 23.9 Å². The van der Waals surface area contributed by atoms with Gasteiger partial charge in [-0.15, -0.1) is 0 Å². The summed E-state index contributed by atoms with van der Waals surface area (Å²) in [6.07, 6.45) is 10.8. The first-order valence-corrected chi connectivity index (χ1v) is 10.1. The van der Waals surface area contributed by atoms with Gasteiger partial charge in [-0.2, -0.15) is 0 Å². The quantitative estimate of drug-likeness (QED) is 0.589. The van der Waals surface area contributed by atoms with E-state index in [1.807, 2.05) is 12.1 Å². The Morgan fingerprint density at radius 2 is 1.68 bits per heavy atom. The lowest BCUT2D eigenvalue weighted by Crippen LogP contribution is -2.13. The van der Waals surface area contributed by atoms with Crippen molar-refractivity contribution in [3.63, 3.8) is 0 Å². The highest BCUT2D eigenvalue weighted by atomic mass is 14.5. The van der Waals surface area contributed by atoms with E-state index in [-0.39, 0.29) is 0 Å². The van der Waals surface area contributed by atoms with E-state index in [9.17, 15) is 0 Å². The third kappa shape index (κ3) is 4.87. The summed E-state index contributed by atoms with van der Waals surface area (Å²) in [5, 5.41) is 0. The monoisotopic (exact) mass is 335 g/mol. The number of nitrogens with two attached hydrogens (primary N) is 1. The van der Waals surface area contributed by atoms with Crippen LogP contribution in [0.25, 0.3) is 0 Å². The molecule has 134 valence electrons. The number of nitrogen functional groups attached to an aromatic ring is 1. The lowest BCUT2D eigenvalue weighted by atomic mass is 9.76. The molecule has 25 heavy (non-hydrogen) atoms. The Morgan fingerprint density at radius 3 is 2.32 bits per heavy atom. The minimum absolute atomic E-state index is 0.780. The Morgan fingerprint density at radius 1 is 0.960 bits per heavy atom. The van der Waals surface area contributed by atoms with Crippen LogP contribution in [-0.2, 0) is 6.42 Å². The summed E-state index contributed by atoms with van der Waals surface area (Å²) in [6.45, 7) is 4.57. The van der Waals surface area contributed by atoms with Gasteiger partial charge in [0.25, 0.3) is 0 Å². The number of unbranched alkanes of at least 4 members (excludes halogenated alkanes) is 1. The van der Waals surface area contributed by atoms with Crippen molar-refractivity contribution in [2.24, 2.45) is 5.92 Å². The standard InChI is InChI=1S/C24H33N/c1-3-4-5-19-6-10-21(11-7-19)23-13-12-22(18(2)16-23)17-20-8-14-24(25)15-9-20/h8-9,12-16,19,21H,3-7,10-11,17,25H2,1-2H3. The van der Waals surface area contributed by atoms with Crippen LogP contribution in [0.1, 0.15) is 80.0 Å². The molecule has 1 fully saturated rings. The zero-order chi connectivity index (χ0) is 17.6. The number of anilines is 1. The maximum Gasteiger partial charge on any atom is 0.0314 e. The Kier molecular flexibility index (Phi) is 6.18. The highest BCUT2D eigenvalue weighted by Gasteiger charge is 2.22. The molecule has 0 aliphatic heterocycles. The van der Waals surface area contributed by atoms with Gasteiger partial charge in [-0.1, -0.05) is 56.5 Å². The van der Waals surface area contributed by atoms with Crippen molar-refractivity contribution in [3.8, 4) is 0 Å². The summed E-state index contributed by atoms with van der Waals surface area (Å²) in [7, 11) is 0. The summed E-state index contributed by atoms with van der Waals surface area (Å²) >= 11 is 0. The predicted octanol–water partition coefficient (Wildman–Crippen LogP) is 6.63. The zero-order valence-corrected chi connectivity index (χ0v) is 15.9. The third-order valence-electron chi connectivity index (χ3n) is 6.03. The van der Waals surface area contributed by atoms with Crippen LogP contribution >= 0.6 is 0 Å². The maximum atomic E-state index is 5.79. The molecule has 0 saturated heterocycles. The van der Waals surface area contributed by atoms with Crippen molar-refractivity contribution in [2.45, 2.75) is 71.1 Å². The average molecular weight is 336 g/mol. The van der Waals surface area contributed by atoms with E-state index in [1.165, 1.54) is 61.6 Å². The largest absolute Gasteiger partial charge is 0.399 e. The molecule has 0 spiro atoms. The maximum absolute atomic E-state index is 5.79. The third-order valence-corrected chi connectivity index (χ3v) is 6.03. The normalized spacial score (nSPS) is 20.6. The Hall–Kier alpha value is -1.76. The van der Waals surface area contributed by atoms with Gasteiger partial charge in [-0.3, -0.25) is 0 Å². The van der Waals surface area contributed by atoms with E-state index >= 15 is 0 Å². The molecule has 1 saturated carbocycles. The minimum Gasteiger partial charge on any atom is -0.399 e. The van der Waals surface area contributed by atoms with Crippen molar-refractivity contribution in [1.29, 1.82) is 0 Å². The molecule has 3 rings (SSSR count). The van der Waals surface area contributed by atoms with Crippen LogP contribution in [0.2, 0.25) is 0 Å². The molecule has 0 radical (unpaired) electrons. The van der Waals surface area contributed by atoms with E-state index in [4.69, 9.17) is 5.73 Å². The molecule has 0 unspecified atom stereocenters. The fourth-order valence-corrected chi connectivity index (χ4v) is 4.30. The van der Waals surface area contributed by atoms with Crippen molar-refractivity contribution in [3.05, 3.63) is 64.7 Å². The average Bonchev–Trinajstić information content (AvgIpc) is 2.64. The van der Waals surface area contributed by atoms with Gasteiger partial charge in [0.2, 0.25) is 0 Å². The fraction of sp³-hybridized carbons (Fsp3) is 0.500. The molecule has 2 aromatic rings. The van der Waals surface area contributed by atoms with E-state index in [0.29, 0.717) is 0 Å². The van der Waals surface area contributed by atoms with E-state index < -0.39 is 0 Å². The SMILES string of the molecule is CCCCC1CCC(c2ccc(Cc3ccc(N)cc3)c(C)c2)CC1. The second kappa shape index (κ2) is 8.56. The molecular formula is C24H33N. The van der Waals surface area contributed by atoms with Crippen LogP contribution in [0.5, 0.6) is 0 Å². The van der Waals surface area contributed by atoms with Gasteiger partial charge in [0.15, 0.2) is 0 Å². The van der Waals surface area contributed by atoms with Crippen LogP contribution in [0.4, 0.5) is 5.69 Å². The van der Waals surface area contributed by atoms with Gasteiger partial charge in [0, 0.05) is 5.69 Å². The van der Waals surface area contributed by atoms with Crippen LogP contribution in [0.3, 0.4) is 0 Å². The van der Waals surface area contributed by atoms with Crippen LogP contribution < -0.4 is 5.73 Å². The molecular weight excluding hydrogens is 302 g/mol. The second-order valence-electron chi connectivity index (χ2n) is 7.96. The number of rotatable bonds is 6. The molecule has 0 aromatic heterocycles. The molecule has 1 aliphatic rings. The van der Waals surface area contributed by atoms with Crippen molar-refractivity contribution >= 4 is 5.69 Å². The van der Waals surface area contributed by atoms with Crippen LogP contribution in [-0.4, -0.2) is 0 Å². The minimum atomic E-state index is 0.780. The number of hydrogen-bond donors (Lipinski definition) is 1. The molecule has 0 atom stereocenters. The topological polar surface area (TPSA) is 26.0 Å². The Bertz CT molecular complexity index is 663. The van der Waals surface area contributed by atoms with Gasteiger partial charge >= 0.3 is 0 Å². The molecule has 1 aliphatic carbocycles. The van der Waals surface area contributed by atoms with Gasteiger partial charge in [0.1, 0.15) is 0 Å². The molecule has 0 heterocycles. The first-order valence-electron chi connectivity index (χ1n) is 10.1. The highest BCUT2D eigenvalue weighted by molar-refractivity contribution is 5.42. The molecule has 2 N–H and O–H groups in total. The molecule has 0 amide bonds. The Balaban J connectivity index is 1.61. The summed E-state index contributed by atoms with van der Waals surface area (Å²) in [5.41, 5.74) is 12.4. The second-order valence-corrected chi connectivity index (χ2v) is 7.96. The fourth-order valence-electron chi connectivity index (χ4n) is 4.30. The first-order chi connectivity index (χ1) is 12.2. The van der Waals surface area contributed by atoms with Gasteiger partial charge in [-0.25, -0.2) is 0 Å². The predicted molar refractivity (Wildman–Crippen MR) is 109 cm³/mol. The Labute approximate surface area is 153 Å². The number of aryl methyl sites for hydroxylation is 1. The summed E-state index contributed by atoms with van der Waals surface area (Å²) in [6, 6.07) is 15.5. The lowest BCUT2D eigenvalue weighted by molar-refractivity contribution is 0.304. The number of hydrogen-bond acceptors (Lipinski definition) is 1. The number of benzene rings is 2. The zero-order valence-electron chi connectivity index (χ0n) is 15.9. The smallest absolute Gasteiger partial charge is 0.0314 e. The lowest BCUT2D eigenvalue weighted by Gasteiger charge is -2.29. The molecule has 0 bridgehead atoms. The molecule has 1 heteroatoms. The van der Waals surface area contributed by atoms with Gasteiger partial charge < -0.3 is 5.73 Å². The summed E-state index contributed by atoms with van der Waals surface area (Å²) in [4.78, 5) is 0. The summed E-state index contributed by atoms with van der Waals surface area (Å²) in [5.74, 6) is 1.77. The van der Waals surface area contributed by atoms with Crippen LogP contribution in [0, 0.1) is 12.8 Å². The first kappa shape index (κ1) is 18.0. The van der Waals surface area contributed by atoms with Crippen LogP contribution in [0.15, 0.2) is 42.5 Å². The highest BCUT2D eigenvalue weighted by Crippen LogP contribution is 2.38. The van der Waals surface area contributed by atoms with E-state index in [1.54, 1.807) is 5.56 Å². The van der Waals surface area contributed by atoms with Crippen molar-refractivity contribution in [2.75, 3.05) is 5.73 Å². The van der Waals surface area contributed by atoms with Crippen molar-refractivity contribution < 1.29 is 0 Å². The van der Waals surface area contributed by atoms with Crippen molar-refractivity contribution in [1.82, 2.24) is 0 Å². The van der Waals surface area contributed by atoms with Gasteiger partial charge in [0.05, 0.1) is 0 Å². The molecule has 2 aromatic carbocycles. The van der Waals surface area contributed by atoms with E-state index in [2.05, 4.69) is 44.2 Å².